The number of benzene rings is 2. The standard InChI is InChI=1S/C19H12F2N2O2/c20-12-3-6-14(15(21)9-12)11-1-4-13(5-2-11)23-8-7-16-19(23)17(24)10-18(25)22-16/h1-10H,(H2,22,24,25). The van der Waals surface area contributed by atoms with Crippen LogP contribution in [0.1, 0.15) is 0 Å². The molecule has 124 valence electrons. The van der Waals surface area contributed by atoms with Gasteiger partial charge in [0.2, 0.25) is 0 Å². The van der Waals surface area contributed by atoms with Crippen LogP contribution in [-0.4, -0.2) is 14.7 Å². The summed E-state index contributed by atoms with van der Waals surface area (Å²) < 4.78 is 28.6. The number of nitrogens with one attached hydrogen (secondary N) is 1. The fourth-order valence-corrected chi connectivity index (χ4v) is 2.90. The van der Waals surface area contributed by atoms with Crippen molar-refractivity contribution in [3.63, 3.8) is 0 Å². The largest absolute Gasteiger partial charge is 0.505 e. The van der Waals surface area contributed by atoms with E-state index < -0.39 is 11.6 Å². The van der Waals surface area contributed by atoms with E-state index in [2.05, 4.69) is 4.98 Å². The number of fused-ring (bicyclic) bond motifs is 1. The molecule has 0 radical (unpaired) electrons. The van der Waals surface area contributed by atoms with Gasteiger partial charge in [0.1, 0.15) is 22.9 Å². The number of aromatic amines is 1. The van der Waals surface area contributed by atoms with Gasteiger partial charge in [-0.1, -0.05) is 12.1 Å². The molecular formula is C19H12F2N2O2. The van der Waals surface area contributed by atoms with Crippen molar-refractivity contribution < 1.29 is 13.9 Å². The first-order valence-electron chi connectivity index (χ1n) is 7.52. The molecule has 0 aliphatic carbocycles. The molecule has 4 nitrogen and oxygen atoms in total. The normalized spacial score (nSPS) is 11.1. The van der Waals surface area contributed by atoms with Gasteiger partial charge in [-0.25, -0.2) is 8.78 Å². The van der Waals surface area contributed by atoms with E-state index in [-0.39, 0.29) is 11.3 Å². The predicted molar refractivity (Wildman–Crippen MR) is 90.9 cm³/mol. The van der Waals surface area contributed by atoms with E-state index in [4.69, 9.17) is 0 Å². The summed E-state index contributed by atoms with van der Waals surface area (Å²) in [6.07, 6.45) is 1.72. The van der Waals surface area contributed by atoms with E-state index in [1.165, 1.54) is 12.1 Å². The third kappa shape index (κ3) is 2.57. The summed E-state index contributed by atoms with van der Waals surface area (Å²) in [5.74, 6) is -1.38. The molecule has 0 atom stereocenters. The fraction of sp³-hybridized carbons (Fsp3) is 0. The molecule has 0 bridgehead atoms. The predicted octanol–water partition coefficient (Wildman–Crippen LogP) is 3.97. The fourth-order valence-electron chi connectivity index (χ4n) is 2.90. The Balaban J connectivity index is 1.80. The van der Waals surface area contributed by atoms with Gasteiger partial charge < -0.3 is 14.7 Å². The SMILES string of the molecule is O=c1cc(O)c2c(ccn2-c2ccc(-c3ccc(F)cc3F)cc2)[nH]1. The molecule has 0 aliphatic heterocycles. The maximum Gasteiger partial charge on any atom is 0.252 e. The average Bonchev–Trinajstić information content (AvgIpc) is 2.99. The van der Waals surface area contributed by atoms with Crippen molar-refractivity contribution in [2.75, 3.05) is 0 Å². The van der Waals surface area contributed by atoms with Crippen molar-refractivity contribution in [1.82, 2.24) is 9.55 Å². The number of rotatable bonds is 2. The summed E-state index contributed by atoms with van der Waals surface area (Å²) in [5.41, 5.74) is 2.24. The van der Waals surface area contributed by atoms with E-state index in [0.29, 0.717) is 22.2 Å². The second-order valence-electron chi connectivity index (χ2n) is 5.64. The molecule has 2 N–H and O–H groups in total. The van der Waals surface area contributed by atoms with Crippen LogP contribution < -0.4 is 5.56 Å². The van der Waals surface area contributed by atoms with Crippen LogP contribution >= 0.6 is 0 Å². The van der Waals surface area contributed by atoms with E-state index in [9.17, 15) is 18.7 Å². The smallest absolute Gasteiger partial charge is 0.252 e. The maximum atomic E-state index is 13.9. The van der Waals surface area contributed by atoms with Gasteiger partial charge in [0.25, 0.3) is 5.56 Å². The number of aromatic hydroxyl groups is 1. The van der Waals surface area contributed by atoms with Crippen molar-refractivity contribution in [3.05, 3.63) is 82.8 Å². The van der Waals surface area contributed by atoms with Crippen LogP contribution in [0.15, 0.2) is 65.6 Å². The number of hydrogen-bond acceptors (Lipinski definition) is 2. The van der Waals surface area contributed by atoms with Gasteiger partial charge in [0.05, 0.1) is 5.52 Å². The second-order valence-corrected chi connectivity index (χ2v) is 5.64. The number of nitrogens with zero attached hydrogens (tertiary/aromatic N) is 1. The van der Waals surface area contributed by atoms with Gasteiger partial charge in [-0.3, -0.25) is 4.79 Å². The second kappa shape index (κ2) is 5.59. The maximum absolute atomic E-state index is 13.9. The molecule has 6 heteroatoms. The van der Waals surface area contributed by atoms with Crippen molar-refractivity contribution in [1.29, 1.82) is 0 Å². The Bertz CT molecular complexity index is 1140. The number of H-pyrrole nitrogens is 1. The van der Waals surface area contributed by atoms with E-state index in [1.54, 1.807) is 41.1 Å². The summed E-state index contributed by atoms with van der Waals surface area (Å²) in [5, 5.41) is 10.1. The Morgan fingerprint density at radius 2 is 1.72 bits per heavy atom. The highest BCUT2D eigenvalue weighted by molar-refractivity contribution is 5.83. The molecule has 2 aromatic carbocycles. The molecule has 0 fully saturated rings. The molecule has 0 saturated carbocycles. The van der Waals surface area contributed by atoms with Crippen LogP contribution in [0.25, 0.3) is 27.8 Å². The highest BCUT2D eigenvalue weighted by Gasteiger charge is 2.11. The van der Waals surface area contributed by atoms with Crippen molar-refractivity contribution in [2.45, 2.75) is 0 Å². The van der Waals surface area contributed by atoms with Gasteiger partial charge in [0.15, 0.2) is 0 Å². The number of aromatic nitrogens is 2. The zero-order valence-corrected chi connectivity index (χ0v) is 12.8. The first-order valence-corrected chi connectivity index (χ1v) is 7.52. The van der Waals surface area contributed by atoms with Crippen molar-refractivity contribution in [2.24, 2.45) is 0 Å². The van der Waals surface area contributed by atoms with E-state index >= 15 is 0 Å². The Labute approximate surface area is 140 Å². The molecule has 0 amide bonds. The molecule has 2 heterocycles. The van der Waals surface area contributed by atoms with Crippen LogP contribution in [0, 0.1) is 11.6 Å². The molecule has 0 spiro atoms. The summed E-state index contributed by atoms with van der Waals surface area (Å²) >= 11 is 0. The van der Waals surface area contributed by atoms with Crippen LogP contribution in [0.5, 0.6) is 5.75 Å². The van der Waals surface area contributed by atoms with Crippen molar-refractivity contribution in [3.8, 4) is 22.6 Å². The molecule has 2 aromatic heterocycles. The molecule has 0 unspecified atom stereocenters. The zero-order chi connectivity index (χ0) is 17.6. The Kier molecular flexibility index (Phi) is 3.39. The molecule has 4 aromatic rings. The van der Waals surface area contributed by atoms with E-state index in [1.807, 2.05) is 0 Å². The summed E-state index contributed by atoms with van der Waals surface area (Å²) in [4.78, 5) is 14.1. The molecule has 0 aliphatic rings. The van der Waals surface area contributed by atoms with Gasteiger partial charge in [-0.15, -0.1) is 0 Å². The van der Waals surface area contributed by atoms with Crippen LogP contribution in [-0.2, 0) is 0 Å². The topological polar surface area (TPSA) is 58.0 Å². The lowest BCUT2D eigenvalue weighted by atomic mass is 10.0. The summed E-state index contributed by atoms with van der Waals surface area (Å²) in [6.45, 7) is 0. The van der Waals surface area contributed by atoms with Crippen LogP contribution in [0.2, 0.25) is 0 Å². The van der Waals surface area contributed by atoms with Gasteiger partial charge >= 0.3 is 0 Å². The molecular weight excluding hydrogens is 326 g/mol. The lowest BCUT2D eigenvalue weighted by molar-refractivity contribution is 0.478. The quantitative estimate of drug-likeness (QED) is 0.581. The number of halogens is 2. The molecule has 0 saturated heterocycles. The minimum absolute atomic E-state index is 0.127. The minimum atomic E-state index is -0.630. The third-order valence-corrected chi connectivity index (χ3v) is 4.04. The zero-order valence-electron chi connectivity index (χ0n) is 12.8. The average molecular weight is 338 g/mol. The van der Waals surface area contributed by atoms with Crippen molar-refractivity contribution >= 4 is 11.0 Å². The molecule has 25 heavy (non-hydrogen) atoms. The number of pyridine rings is 1. The Hall–Kier alpha value is -3.41. The van der Waals surface area contributed by atoms with Crippen LogP contribution in [0.3, 0.4) is 0 Å². The first kappa shape index (κ1) is 15.1. The lowest BCUT2D eigenvalue weighted by Crippen LogP contribution is -2.03. The first-order chi connectivity index (χ1) is 12.0. The van der Waals surface area contributed by atoms with Gasteiger partial charge in [0, 0.05) is 29.6 Å². The summed E-state index contributed by atoms with van der Waals surface area (Å²) in [7, 11) is 0. The van der Waals surface area contributed by atoms with Gasteiger partial charge in [-0.05, 0) is 35.9 Å². The highest BCUT2D eigenvalue weighted by atomic mass is 19.1. The summed E-state index contributed by atoms with van der Waals surface area (Å²) in [6, 6.07) is 13.2. The highest BCUT2D eigenvalue weighted by Crippen LogP contribution is 2.28. The van der Waals surface area contributed by atoms with Crippen LogP contribution in [0.4, 0.5) is 8.78 Å². The number of hydrogen-bond donors (Lipinski definition) is 2. The Morgan fingerprint density at radius 3 is 2.44 bits per heavy atom. The Morgan fingerprint density at radius 1 is 0.960 bits per heavy atom. The van der Waals surface area contributed by atoms with E-state index in [0.717, 1.165) is 17.8 Å². The monoisotopic (exact) mass is 338 g/mol. The minimum Gasteiger partial charge on any atom is -0.505 e. The molecule has 4 rings (SSSR count). The lowest BCUT2D eigenvalue weighted by Gasteiger charge is -2.09. The van der Waals surface area contributed by atoms with Gasteiger partial charge in [-0.2, -0.15) is 0 Å². The third-order valence-electron chi connectivity index (χ3n) is 4.04.